The molecule has 15 heavy (non-hydrogen) atoms. The van der Waals surface area contributed by atoms with E-state index < -0.39 is 0 Å². The number of hydrogen-bond donors (Lipinski definition) is 0. The van der Waals surface area contributed by atoms with Crippen molar-refractivity contribution < 1.29 is 0 Å². The number of likely N-dealkylation sites (N-methyl/N-ethyl adjacent to an activating group) is 1. The van der Waals surface area contributed by atoms with Crippen LogP contribution < -0.4 is 4.90 Å². The fourth-order valence-electron chi connectivity index (χ4n) is 1.78. The van der Waals surface area contributed by atoms with Crippen LogP contribution in [-0.4, -0.2) is 47.6 Å². The van der Waals surface area contributed by atoms with E-state index in [1.54, 1.807) is 0 Å². The number of piperazine rings is 1. The molecule has 1 atom stereocenters. The molecule has 0 saturated carbocycles. The van der Waals surface area contributed by atoms with Gasteiger partial charge in [0.05, 0.1) is 0 Å². The Morgan fingerprint density at radius 1 is 1.27 bits per heavy atom. The maximum atomic E-state index is 4.36. The van der Waals surface area contributed by atoms with Crippen molar-refractivity contribution in [3.63, 3.8) is 0 Å². The summed E-state index contributed by atoms with van der Waals surface area (Å²) in [5.41, 5.74) is 1.11. The first-order valence-electron chi connectivity index (χ1n) is 5.40. The van der Waals surface area contributed by atoms with E-state index in [4.69, 9.17) is 0 Å². The topological polar surface area (TPSA) is 32.3 Å². The number of aromatic nitrogens is 2. The molecular formula is C11H18N4. The summed E-state index contributed by atoms with van der Waals surface area (Å²) >= 11 is 0. The van der Waals surface area contributed by atoms with Crippen molar-refractivity contribution in [3.05, 3.63) is 18.0 Å². The van der Waals surface area contributed by atoms with Crippen LogP contribution in [0, 0.1) is 6.92 Å². The highest BCUT2D eigenvalue weighted by molar-refractivity contribution is 5.30. The maximum Gasteiger partial charge on any atom is 0.225 e. The molecular weight excluding hydrogens is 188 g/mol. The standard InChI is InChI=1S/C11H18N4/c1-9-6-12-11(13-7-9)15-5-4-14(3)10(2)8-15/h6-7,10H,4-5,8H2,1-3H3. The third kappa shape index (κ3) is 2.26. The molecule has 0 bridgehead atoms. The lowest BCUT2D eigenvalue weighted by atomic mass is 10.2. The van der Waals surface area contributed by atoms with Gasteiger partial charge >= 0.3 is 0 Å². The summed E-state index contributed by atoms with van der Waals surface area (Å²) in [6, 6.07) is 0.573. The highest BCUT2D eigenvalue weighted by Crippen LogP contribution is 2.13. The summed E-state index contributed by atoms with van der Waals surface area (Å²) in [5, 5.41) is 0. The van der Waals surface area contributed by atoms with E-state index >= 15 is 0 Å². The SMILES string of the molecule is Cc1cnc(N2CCN(C)C(C)C2)nc1. The summed E-state index contributed by atoms with van der Waals surface area (Å²) < 4.78 is 0. The van der Waals surface area contributed by atoms with Crippen LogP contribution in [0.1, 0.15) is 12.5 Å². The molecule has 0 spiro atoms. The second kappa shape index (κ2) is 4.14. The molecule has 82 valence electrons. The maximum absolute atomic E-state index is 4.36. The molecule has 0 aliphatic carbocycles. The van der Waals surface area contributed by atoms with E-state index in [9.17, 15) is 0 Å². The first-order chi connectivity index (χ1) is 7.16. The number of anilines is 1. The van der Waals surface area contributed by atoms with Crippen molar-refractivity contribution in [1.82, 2.24) is 14.9 Å². The van der Waals surface area contributed by atoms with Gasteiger partial charge in [0.2, 0.25) is 5.95 Å². The Balaban J connectivity index is 2.08. The van der Waals surface area contributed by atoms with E-state index in [1.165, 1.54) is 0 Å². The molecule has 2 heterocycles. The number of hydrogen-bond acceptors (Lipinski definition) is 4. The van der Waals surface area contributed by atoms with Crippen LogP contribution in [0.2, 0.25) is 0 Å². The predicted octanol–water partition coefficient (Wildman–Crippen LogP) is 0.925. The summed E-state index contributed by atoms with van der Waals surface area (Å²) in [6.07, 6.45) is 3.76. The minimum absolute atomic E-state index is 0.573. The van der Waals surface area contributed by atoms with Gasteiger partial charge in [-0.3, -0.25) is 0 Å². The second-order valence-corrected chi connectivity index (χ2v) is 4.34. The van der Waals surface area contributed by atoms with Crippen molar-refractivity contribution in [2.75, 3.05) is 31.6 Å². The van der Waals surface area contributed by atoms with Gasteiger partial charge in [0.15, 0.2) is 0 Å². The quantitative estimate of drug-likeness (QED) is 0.684. The second-order valence-electron chi connectivity index (χ2n) is 4.34. The first kappa shape index (κ1) is 10.4. The molecule has 2 rings (SSSR count). The molecule has 1 aliphatic heterocycles. The minimum atomic E-state index is 0.573. The molecule has 1 aromatic rings. The number of aryl methyl sites for hydroxylation is 1. The lowest BCUT2D eigenvalue weighted by molar-refractivity contribution is 0.233. The fraction of sp³-hybridized carbons (Fsp3) is 0.636. The molecule has 1 saturated heterocycles. The van der Waals surface area contributed by atoms with E-state index in [0.717, 1.165) is 31.1 Å². The molecule has 0 radical (unpaired) electrons. The van der Waals surface area contributed by atoms with Crippen molar-refractivity contribution in [3.8, 4) is 0 Å². The highest BCUT2D eigenvalue weighted by Gasteiger charge is 2.21. The van der Waals surface area contributed by atoms with Crippen molar-refractivity contribution >= 4 is 5.95 Å². The molecule has 4 nitrogen and oxygen atoms in total. The average Bonchev–Trinajstić information content (AvgIpc) is 2.23. The van der Waals surface area contributed by atoms with Crippen LogP contribution in [-0.2, 0) is 0 Å². The Kier molecular flexibility index (Phi) is 2.86. The molecule has 1 fully saturated rings. The molecule has 0 N–H and O–H groups in total. The third-order valence-corrected chi connectivity index (χ3v) is 3.01. The third-order valence-electron chi connectivity index (χ3n) is 3.01. The fourth-order valence-corrected chi connectivity index (χ4v) is 1.78. The van der Waals surface area contributed by atoms with Crippen molar-refractivity contribution in [1.29, 1.82) is 0 Å². The van der Waals surface area contributed by atoms with Gasteiger partial charge in [0.25, 0.3) is 0 Å². The molecule has 1 aromatic heterocycles. The monoisotopic (exact) mass is 206 g/mol. The van der Waals surface area contributed by atoms with E-state index in [-0.39, 0.29) is 0 Å². The van der Waals surface area contributed by atoms with Gasteiger partial charge in [-0.2, -0.15) is 0 Å². The minimum Gasteiger partial charge on any atom is -0.338 e. The lowest BCUT2D eigenvalue weighted by Crippen LogP contribution is -2.50. The predicted molar refractivity (Wildman–Crippen MR) is 61.1 cm³/mol. The normalized spacial score (nSPS) is 23.1. The van der Waals surface area contributed by atoms with Gasteiger partial charge in [-0.25, -0.2) is 9.97 Å². The van der Waals surface area contributed by atoms with Gasteiger partial charge in [-0.05, 0) is 26.5 Å². The van der Waals surface area contributed by atoms with Gasteiger partial charge in [-0.1, -0.05) is 0 Å². The van der Waals surface area contributed by atoms with Gasteiger partial charge in [0, 0.05) is 38.1 Å². The molecule has 4 heteroatoms. The molecule has 0 aromatic carbocycles. The van der Waals surface area contributed by atoms with Crippen LogP contribution in [0.4, 0.5) is 5.95 Å². The summed E-state index contributed by atoms with van der Waals surface area (Å²) in [4.78, 5) is 13.3. The zero-order valence-corrected chi connectivity index (χ0v) is 9.64. The lowest BCUT2D eigenvalue weighted by Gasteiger charge is -2.37. The van der Waals surface area contributed by atoms with E-state index in [2.05, 4.69) is 33.7 Å². The van der Waals surface area contributed by atoms with Crippen LogP contribution in [0.5, 0.6) is 0 Å². The van der Waals surface area contributed by atoms with Crippen LogP contribution in [0.3, 0.4) is 0 Å². The Morgan fingerprint density at radius 2 is 1.93 bits per heavy atom. The van der Waals surface area contributed by atoms with Crippen LogP contribution >= 0.6 is 0 Å². The Bertz CT molecular complexity index is 322. The number of nitrogens with zero attached hydrogens (tertiary/aromatic N) is 4. The molecule has 0 amide bonds. The van der Waals surface area contributed by atoms with Crippen LogP contribution in [0.15, 0.2) is 12.4 Å². The Morgan fingerprint density at radius 3 is 2.53 bits per heavy atom. The molecule has 1 aliphatic rings. The zero-order chi connectivity index (χ0) is 10.8. The molecule has 1 unspecified atom stereocenters. The van der Waals surface area contributed by atoms with Gasteiger partial charge < -0.3 is 9.80 Å². The van der Waals surface area contributed by atoms with Crippen molar-refractivity contribution in [2.24, 2.45) is 0 Å². The Labute approximate surface area is 90.9 Å². The van der Waals surface area contributed by atoms with Crippen LogP contribution in [0.25, 0.3) is 0 Å². The average molecular weight is 206 g/mol. The number of rotatable bonds is 1. The summed E-state index contributed by atoms with van der Waals surface area (Å²) in [6.45, 7) is 7.36. The smallest absolute Gasteiger partial charge is 0.225 e. The first-order valence-corrected chi connectivity index (χ1v) is 5.40. The van der Waals surface area contributed by atoms with Gasteiger partial charge in [-0.15, -0.1) is 0 Å². The Hall–Kier alpha value is -1.16. The zero-order valence-electron chi connectivity index (χ0n) is 9.64. The van der Waals surface area contributed by atoms with Crippen molar-refractivity contribution in [2.45, 2.75) is 19.9 Å². The largest absolute Gasteiger partial charge is 0.338 e. The van der Waals surface area contributed by atoms with E-state index in [1.807, 2.05) is 19.3 Å². The summed E-state index contributed by atoms with van der Waals surface area (Å²) in [7, 11) is 2.16. The highest BCUT2D eigenvalue weighted by atomic mass is 15.3. The summed E-state index contributed by atoms with van der Waals surface area (Å²) in [5.74, 6) is 0.862. The van der Waals surface area contributed by atoms with Gasteiger partial charge in [0.1, 0.15) is 0 Å². The van der Waals surface area contributed by atoms with E-state index in [0.29, 0.717) is 6.04 Å².